The first-order valence-corrected chi connectivity index (χ1v) is 11.4. The van der Waals surface area contributed by atoms with Gasteiger partial charge in [0, 0.05) is 62.7 Å². The summed E-state index contributed by atoms with van der Waals surface area (Å²) in [7, 11) is 1.69. The lowest BCUT2D eigenvalue weighted by Crippen LogP contribution is -2.49. The Bertz CT molecular complexity index is 856. The topological polar surface area (TPSA) is 85.9 Å². The molecular weight excluding hydrogens is 394 g/mol. The van der Waals surface area contributed by atoms with E-state index in [1.165, 1.54) is 10.9 Å². The predicted octanol–water partition coefficient (Wildman–Crippen LogP) is 2.77. The molecule has 3 rings (SSSR count). The van der Waals surface area contributed by atoms with Crippen LogP contribution in [-0.2, 0) is 16.0 Å². The quantitative estimate of drug-likeness (QED) is 0.507. The molecule has 7 heteroatoms. The number of amides is 1. The molecule has 0 bridgehead atoms. The van der Waals surface area contributed by atoms with E-state index in [4.69, 9.17) is 9.84 Å². The number of Topliss-reactive ketones (excluding diaryl/α,β-unsaturated/α-hetero) is 1. The highest BCUT2D eigenvalue weighted by molar-refractivity contribution is 5.84. The molecule has 0 atom stereocenters. The third-order valence-electron chi connectivity index (χ3n) is 6.17. The van der Waals surface area contributed by atoms with Gasteiger partial charge >= 0.3 is 0 Å². The lowest BCUT2D eigenvalue weighted by Gasteiger charge is -2.34. The first-order chi connectivity index (χ1) is 15.1. The number of carbonyl (C=O) groups is 2. The number of nitrogens with zero attached hydrogens (tertiary/aromatic N) is 2. The fourth-order valence-corrected chi connectivity index (χ4v) is 4.18. The number of hydrogen-bond acceptors (Lipinski definition) is 5. The molecule has 1 aromatic heterocycles. The number of ether oxygens (including phenoxy) is 1. The number of aliphatic hydroxyl groups is 1. The van der Waals surface area contributed by atoms with Gasteiger partial charge in [-0.3, -0.25) is 14.5 Å². The van der Waals surface area contributed by atoms with E-state index in [1.54, 1.807) is 7.11 Å². The van der Waals surface area contributed by atoms with Crippen LogP contribution in [-0.4, -0.2) is 78.0 Å². The molecule has 2 heterocycles. The Kier molecular flexibility index (Phi) is 8.91. The lowest BCUT2D eigenvalue weighted by molar-refractivity contribution is -0.133. The normalized spacial score (nSPS) is 14.8. The van der Waals surface area contributed by atoms with Gasteiger partial charge in [0.1, 0.15) is 12.4 Å². The van der Waals surface area contributed by atoms with Gasteiger partial charge in [0.15, 0.2) is 5.78 Å². The molecular formula is C24H35N3O4. The smallest absolute Gasteiger partial charge is 0.222 e. The number of piperazine rings is 1. The maximum Gasteiger partial charge on any atom is 0.222 e. The van der Waals surface area contributed by atoms with Crippen LogP contribution in [0.25, 0.3) is 10.9 Å². The van der Waals surface area contributed by atoms with Gasteiger partial charge in [-0.15, -0.1) is 0 Å². The fourth-order valence-electron chi connectivity index (χ4n) is 4.18. The molecule has 1 aliphatic rings. The Morgan fingerprint density at radius 2 is 1.81 bits per heavy atom. The van der Waals surface area contributed by atoms with Crippen LogP contribution in [0.15, 0.2) is 24.4 Å². The number of fused-ring (bicyclic) bond motifs is 1. The highest BCUT2D eigenvalue weighted by Gasteiger charge is 2.20. The SMILES string of the molecule is COc1ccc2[nH]cc(CCN3CCN(C(=O)CCCCCCC(=O)CO)CC3)c2c1. The Balaban J connectivity index is 1.33. The molecule has 1 aliphatic heterocycles. The predicted molar refractivity (Wildman–Crippen MR) is 121 cm³/mol. The van der Waals surface area contributed by atoms with E-state index in [-0.39, 0.29) is 18.3 Å². The van der Waals surface area contributed by atoms with Crippen molar-refractivity contribution in [2.24, 2.45) is 0 Å². The highest BCUT2D eigenvalue weighted by Crippen LogP contribution is 2.24. The lowest BCUT2D eigenvalue weighted by atomic mass is 10.1. The molecule has 170 valence electrons. The number of hydrogen-bond donors (Lipinski definition) is 2. The Hall–Kier alpha value is -2.38. The number of nitrogens with one attached hydrogen (secondary N) is 1. The third kappa shape index (κ3) is 6.80. The summed E-state index contributed by atoms with van der Waals surface area (Å²) in [5.41, 5.74) is 2.43. The van der Waals surface area contributed by atoms with Crippen molar-refractivity contribution in [1.82, 2.24) is 14.8 Å². The van der Waals surface area contributed by atoms with E-state index in [9.17, 15) is 9.59 Å². The number of H-pyrrole nitrogens is 1. The summed E-state index contributed by atoms with van der Waals surface area (Å²) in [6, 6.07) is 6.11. The van der Waals surface area contributed by atoms with E-state index < -0.39 is 0 Å². The molecule has 1 amide bonds. The number of methoxy groups -OCH3 is 1. The van der Waals surface area contributed by atoms with Crippen LogP contribution in [0.2, 0.25) is 0 Å². The molecule has 2 aromatic rings. The average molecular weight is 430 g/mol. The second kappa shape index (κ2) is 11.9. The van der Waals surface area contributed by atoms with Gasteiger partial charge in [-0.25, -0.2) is 0 Å². The number of aromatic nitrogens is 1. The number of aromatic amines is 1. The van der Waals surface area contributed by atoms with Gasteiger partial charge in [0.2, 0.25) is 5.91 Å². The molecule has 2 N–H and O–H groups in total. The molecule has 0 unspecified atom stereocenters. The van der Waals surface area contributed by atoms with Crippen molar-refractivity contribution >= 4 is 22.6 Å². The van der Waals surface area contributed by atoms with Crippen LogP contribution in [0, 0.1) is 0 Å². The van der Waals surface area contributed by atoms with Gasteiger partial charge in [0.25, 0.3) is 0 Å². The van der Waals surface area contributed by atoms with Crippen molar-refractivity contribution in [2.45, 2.75) is 44.9 Å². The minimum absolute atomic E-state index is 0.0987. The molecule has 1 fully saturated rings. The summed E-state index contributed by atoms with van der Waals surface area (Å²) < 4.78 is 5.35. The van der Waals surface area contributed by atoms with Crippen molar-refractivity contribution < 1.29 is 19.4 Å². The molecule has 0 aliphatic carbocycles. The van der Waals surface area contributed by atoms with E-state index in [0.717, 1.165) is 76.1 Å². The van der Waals surface area contributed by atoms with Gasteiger partial charge < -0.3 is 19.7 Å². The number of carbonyl (C=O) groups excluding carboxylic acids is 2. The summed E-state index contributed by atoms with van der Waals surface area (Å²) in [4.78, 5) is 31.3. The maximum absolute atomic E-state index is 12.4. The van der Waals surface area contributed by atoms with Crippen LogP contribution >= 0.6 is 0 Å². The van der Waals surface area contributed by atoms with Crippen molar-refractivity contribution in [2.75, 3.05) is 46.4 Å². The minimum atomic E-state index is -0.360. The minimum Gasteiger partial charge on any atom is -0.497 e. The standard InChI is InChI=1S/C24H35N3O4/c1-31-21-8-9-23-22(16-21)19(17-25-23)10-11-26-12-14-27(15-13-26)24(30)7-5-3-2-4-6-20(29)18-28/h8-9,16-17,25,28H,2-7,10-15,18H2,1H3. The highest BCUT2D eigenvalue weighted by atomic mass is 16.5. The molecule has 0 radical (unpaired) electrons. The maximum atomic E-state index is 12.4. The van der Waals surface area contributed by atoms with Crippen LogP contribution in [0.5, 0.6) is 5.75 Å². The average Bonchev–Trinajstić information content (AvgIpc) is 3.21. The zero-order valence-electron chi connectivity index (χ0n) is 18.6. The van der Waals surface area contributed by atoms with E-state index in [2.05, 4.69) is 28.2 Å². The molecule has 1 saturated heterocycles. The molecule has 1 aromatic carbocycles. The van der Waals surface area contributed by atoms with Crippen LogP contribution in [0.3, 0.4) is 0 Å². The second-order valence-electron chi connectivity index (χ2n) is 8.31. The van der Waals surface area contributed by atoms with Crippen molar-refractivity contribution in [3.63, 3.8) is 0 Å². The van der Waals surface area contributed by atoms with Crippen LogP contribution in [0.1, 0.15) is 44.1 Å². The molecule has 0 spiro atoms. The summed E-state index contributed by atoms with van der Waals surface area (Å²) in [5.74, 6) is 1.02. The Labute approximate surface area is 184 Å². The first-order valence-electron chi connectivity index (χ1n) is 11.4. The van der Waals surface area contributed by atoms with Crippen LogP contribution < -0.4 is 4.74 Å². The number of unbranched alkanes of at least 4 members (excludes halogenated alkanes) is 3. The monoisotopic (exact) mass is 429 g/mol. The molecule has 31 heavy (non-hydrogen) atoms. The molecule has 7 nitrogen and oxygen atoms in total. The number of rotatable bonds is 12. The van der Waals surface area contributed by atoms with E-state index in [1.807, 2.05) is 11.0 Å². The number of benzene rings is 1. The van der Waals surface area contributed by atoms with Crippen molar-refractivity contribution in [3.05, 3.63) is 30.0 Å². The molecule has 0 saturated carbocycles. The summed E-state index contributed by atoms with van der Waals surface area (Å²) in [6.45, 7) is 4.05. The zero-order chi connectivity index (χ0) is 22.1. The van der Waals surface area contributed by atoms with Gasteiger partial charge in [-0.05, 0) is 43.0 Å². The van der Waals surface area contributed by atoms with Crippen molar-refractivity contribution in [1.29, 1.82) is 0 Å². The fraction of sp³-hybridized carbons (Fsp3) is 0.583. The summed E-state index contributed by atoms with van der Waals surface area (Å²) in [5, 5.41) is 9.92. The van der Waals surface area contributed by atoms with E-state index in [0.29, 0.717) is 12.8 Å². The van der Waals surface area contributed by atoms with Gasteiger partial charge in [0.05, 0.1) is 7.11 Å². The van der Waals surface area contributed by atoms with Gasteiger partial charge in [-0.2, -0.15) is 0 Å². The largest absolute Gasteiger partial charge is 0.497 e. The second-order valence-corrected chi connectivity index (χ2v) is 8.31. The number of ketones is 1. The van der Waals surface area contributed by atoms with Crippen LogP contribution in [0.4, 0.5) is 0 Å². The van der Waals surface area contributed by atoms with E-state index >= 15 is 0 Å². The van der Waals surface area contributed by atoms with Gasteiger partial charge in [-0.1, -0.05) is 12.8 Å². The Morgan fingerprint density at radius 1 is 1.06 bits per heavy atom. The zero-order valence-corrected chi connectivity index (χ0v) is 18.6. The van der Waals surface area contributed by atoms with Crippen molar-refractivity contribution in [3.8, 4) is 5.75 Å². The first kappa shape index (κ1) is 23.3. The Morgan fingerprint density at radius 3 is 2.52 bits per heavy atom. The summed E-state index contributed by atoms with van der Waals surface area (Å²) >= 11 is 0. The summed E-state index contributed by atoms with van der Waals surface area (Å²) in [6.07, 6.45) is 7.66. The third-order valence-corrected chi connectivity index (χ3v) is 6.17. The number of aliphatic hydroxyl groups excluding tert-OH is 1.